The van der Waals surface area contributed by atoms with Crippen LogP contribution < -0.4 is 15.4 Å². The first-order valence-electron chi connectivity index (χ1n) is 7.17. The van der Waals surface area contributed by atoms with Gasteiger partial charge in [-0.05, 0) is 25.0 Å². The summed E-state index contributed by atoms with van der Waals surface area (Å²) in [5.41, 5.74) is 8.36. The average Bonchev–Trinajstić information content (AvgIpc) is 2.41. The van der Waals surface area contributed by atoms with E-state index in [1.165, 1.54) is 0 Å². The molecule has 20 heavy (non-hydrogen) atoms. The van der Waals surface area contributed by atoms with Crippen molar-refractivity contribution in [1.82, 2.24) is 0 Å². The van der Waals surface area contributed by atoms with Crippen LogP contribution in [0.15, 0.2) is 18.2 Å². The zero-order valence-electron chi connectivity index (χ0n) is 13.3. The largest absolute Gasteiger partial charge is 0.496 e. The molecule has 4 nitrogen and oxygen atoms in total. The van der Waals surface area contributed by atoms with Gasteiger partial charge in [0.25, 0.3) is 0 Å². The van der Waals surface area contributed by atoms with E-state index in [1.807, 2.05) is 19.1 Å². The number of hydrogen-bond donors (Lipinski definition) is 1. The number of ether oxygens (including phenoxy) is 2. The molecule has 1 rings (SSSR count). The summed E-state index contributed by atoms with van der Waals surface area (Å²) in [5, 5.41) is 0. The molecule has 0 aliphatic rings. The lowest BCUT2D eigenvalue weighted by molar-refractivity contribution is 0.204. The third-order valence-corrected chi connectivity index (χ3v) is 3.21. The summed E-state index contributed by atoms with van der Waals surface area (Å²) in [6.45, 7) is 8.93. The second kappa shape index (κ2) is 8.12. The first kappa shape index (κ1) is 16.8. The van der Waals surface area contributed by atoms with Crippen LogP contribution in [0.2, 0.25) is 0 Å². The minimum Gasteiger partial charge on any atom is -0.496 e. The monoisotopic (exact) mass is 280 g/mol. The predicted octanol–water partition coefficient (Wildman–Crippen LogP) is 2.82. The Labute approximate surface area is 122 Å². The van der Waals surface area contributed by atoms with Gasteiger partial charge in [-0.1, -0.05) is 19.9 Å². The molecule has 0 saturated carbocycles. The van der Waals surface area contributed by atoms with E-state index in [0.29, 0.717) is 12.5 Å². The third-order valence-electron chi connectivity index (χ3n) is 3.21. The molecule has 0 heterocycles. The Balaban J connectivity index is 3.16. The molecule has 0 radical (unpaired) electrons. The normalized spacial score (nSPS) is 12.6. The second-order valence-electron chi connectivity index (χ2n) is 5.51. The smallest absolute Gasteiger partial charge is 0.125 e. The van der Waals surface area contributed by atoms with Crippen LogP contribution in [0.1, 0.15) is 32.4 Å². The zero-order valence-corrected chi connectivity index (χ0v) is 13.3. The van der Waals surface area contributed by atoms with Gasteiger partial charge in [0.2, 0.25) is 0 Å². The first-order chi connectivity index (χ1) is 9.51. The fraction of sp³-hybridized carbons (Fsp3) is 0.625. The lowest BCUT2D eigenvalue weighted by atomic mass is 10.0. The van der Waals surface area contributed by atoms with E-state index in [2.05, 4.69) is 24.8 Å². The van der Waals surface area contributed by atoms with E-state index in [4.69, 9.17) is 15.2 Å². The standard InChI is InChI=1S/C16H28N2O2/c1-12(2)11-18(9-10-19-4)14-7-6-8-15(20-5)16(14)13(3)17/h6-8,12-13H,9-11,17H2,1-5H3. The van der Waals surface area contributed by atoms with Crippen molar-refractivity contribution in [1.29, 1.82) is 0 Å². The first-order valence-corrected chi connectivity index (χ1v) is 7.17. The Bertz CT molecular complexity index is 405. The molecule has 114 valence electrons. The van der Waals surface area contributed by atoms with Crippen molar-refractivity contribution in [2.45, 2.75) is 26.8 Å². The summed E-state index contributed by atoms with van der Waals surface area (Å²) in [6, 6.07) is 6.02. The van der Waals surface area contributed by atoms with Crippen molar-refractivity contribution < 1.29 is 9.47 Å². The number of anilines is 1. The van der Waals surface area contributed by atoms with Crippen LogP contribution >= 0.6 is 0 Å². The van der Waals surface area contributed by atoms with Gasteiger partial charge < -0.3 is 20.1 Å². The number of rotatable bonds is 8. The van der Waals surface area contributed by atoms with Gasteiger partial charge in [-0.15, -0.1) is 0 Å². The van der Waals surface area contributed by atoms with Crippen LogP contribution in [0, 0.1) is 5.92 Å². The van der Waals surface area contributed by atoms with Crippen molar-refractivity contribution in [3.8, 4) is 5.75 Å². The zero-order chi connectivity index (χ0) is 15.1. The van der Waals surface area contributed by atoms with Gasteiger partial charge in [-0.2, -0.15) is 0 Å². The molecule has 0 fully saturated rings. The molecule has 1 aromatic carbocycles. The van der Waals surface area contributed by atoms with Crippen LogP contribution in [0.25, 0.3) is 0 Å². The number of hydrogen-bond acceptors (Lipinski definition) is 4. The summed E-state index contributed by atoms with van der Waals surface area (Å²) in [5.74, 6) is 1.42. The summed E-state index contributed by atoms with van der Waals surface area (Å²) in [4.78, 5) is 2.33. The van der Waals surface area contributed by atoms with Crippen LogP contribution in [0.3, 0.4) is 0 Å². The van der Waals surface area contributed by atoms with Gasteiger partial charge >= 0.3 is 0 Å². The summed E-state index contributed by atoms with van der Waals surface area (Å²) >= 11 is 0. The molecule has 0 aliphatic carbocycles. The van der Waals surface area contributed by atoms with Gasteiger partial charge in [-0.25, -0.2) is 0 Å². The maximum atomic E-state index is 6.15. The number of nitrogens with zero attached hydrogens (tertiary/aromatic N) is 1. The van der Waals surface area contributed by atoms with Crippen LogP contribution in [-0.4, -0.2) is 33.9 Å². The highest BCUT2D eigenvalue weighted by Gasteiger charge is 2.18. The van der Waals surface area contributed by atoms with Crippen LogP contribution in [-0.2, 0) is 4.74 Å². The Kier molecular flexibility index (Phi) is 6.82. The molecule has 0 saturated heterocycles. The van der Waals surface area contributed by atoms with Crippen molar-refractivity contribution in [3.05, 3.63) is 23.8 Å². The molecule has 0 amide bonds. The third kappa shape index (κ3) is 4.39. The highest BCUT2D eigenvalue weighted by atomic mass is 16.5. The lowest BCUT2D eigenvalue weighted by Gasteiger charge is -2.30. The molecular weight excluding hydrogens is 252 g/mol. The van der Waals surface area contributed by atoms with Crippen molar-refractivity contribution in [3.63, 3.8) is 0 Å². The molecule has 1 aromatic rings. The van der Waals surface area contributed by atoms with E-state index in [1.54, 1.807) is 14.2 Å². The van der Waals surface area contributed by atoms with E-state index in [0.717, 1.165) is 30.1 Å². The Morgan fingerprint density at radius 2 is 1.90 bits per heavy atom. The molecule has 4 heteroatoms. The Morgan fingerprint density at radius 1 is 1.20 bits per heavy atom. The van der Waals surface area contributed by atoms with Gasteiger partial charge in [0.05, 0.1) is 13.7 Å². The van der Waals surface area contributed by atoms with Crippen LogP contribution in [0.5, 0.6) is 5.75 Å². The molecule has 2 N–H and O–H groups in total. The fourth-order valence-corrected chi connectivity index (χ4v) is 2.40. The minimum atomic E-state index is -0.0710. The van der Waals surface area contributed by atoms with E-state index >= 15 is 0 Å². The quantitative estimate of drug-likeness (QED) is 0.795. The molecular formula is C16H28N2O2. The predicted molar refractivity (Wildman–Crippen MR) is 84.5 cm³/mol. The van der Waals surface area contributed by atoms with E-state index in [9.17, 15) is 0 Å². The molecule has 1 unspecified atom stereocenters. The van der Waals surface area contributed by atoms with Crippen LogP contribution in [0.4, 0.5) is 5.69 Å². The molecule has 1 atom stereocenters. The number of nitrogens with two attached hydrogens (primary N) is 1. The van der Waals surface area contributed by atoms with Gasteiger partial charge in [0.1, 0.15) is 5.75 Å². The number of methoxy groups -OCH3 is 2. The summed E-state index contributed by atoms with van der Waals surface area (Å²) in [6.07, 6.45) is 0. The summed E-state index contributed by atoms with van der Waals surface area (Å²) in [7, 11) is 3.42. The van der Waals surface area contributed by atoms with Gasteiger partial charge in [0, 0.05) is 37.5 Å². The number of benzene rings is 1. The molecule has 0 spiro atoms. The lowest BCUT2D eigenvalue weighted by Crippen LogP contribution is -2.32. The fourth-order valence-electron chi connectivity index (χ4n) is 2.40. The van der Waals surface area contributed by atoms with Gasteiger partial charge in [-0.3, -0.25) is 0 Å². The summed E-state index contributed by atoms with van der Waals surface area (Å²) < 4.78 is 10.7. The maximum Gasteiger partial charge on any atom is 0.125 e. The Morgan fingerprint density at radius 3 is 2.40 bits per heavy atom. The van der Waals surface area contributed by atoms with E-state index < -0.39 is 0 Å². The highest BCUT2D eigenvalue weighted by Crippen LogP contribution is 2.33. The molecule has 0 aliphatic heterocycles. The molecule has 0 aromatic heterocycles. The Hall–Kier alpha value is -1.26. The highest BCUT2D eigenvalue weighted by molar-refractivity contribution is 5.60. The van der Waals surface area contributed by atoms with Crippen molar-refractivity contribution >= 4 is 5.69 Å². The van der Waals surface area contributed by atoms with Gasteiger partial charge in [0.15, 0.2) is 0 Å². The second-order valence-corrected chi connectivity index (χ2v) is 5.51. The van der Waals surface area contributed by atoms with E-state index in [-0.39, 0.29) is 6.04 Å². The SMILES string of the molecule is COCCN(CC(C)C)c1cccc(OC)c1C(C)N. The minimum absolute atomic E-state index is 0.0710. The maximum absolute atomic E-state index is 6.15. The van der Waals surface area contributed by atoms with Crippen molar-refractivity contribution in [2.75, 3.05) is 38.8 Å². The molecule has 0 bridgehead atoms. The van der Waals surface area contributed by atoms with Crippen molar-refractivity contribution in [2.24, 2.45) is 11.7 Å². The topological polar surface area (TPSA) is 47.7 Å². The average molecular weight is 280 g/mol.